The Morgan fingerprint density at radius 1 is 1.29 bits per heavy atom. The molecule has 3 N–H and O–H groups in total. The quantitative estimate of drug-likeness (QED) is 0.752. The Hall–Kier alpha value is -2.11. The van der Waals surface area contributed by atoms with E-state index in [1.165, 1.54) is 25.0 Å². The lowest BCUT2D eigenvalue weighted by Crippen LogP contribution is -2.39. The number of rotatable bonds is 8. The molecule has 0 atom stereocenters. The first kappa shape index (κ1) is 15.3. The van der Waals surface area contributed by atoms with E-state index in [4.69, 9.17) is 5.73 Å². The van der Waals surface area contributed by atoms with E-state index in [1.807, 2.05) is 0 Å². The van der Waals surface area contributed by atoms with Crippen molar-refractivity contribution in [2.24, 2.45) is 11.7 Å². The minimum Gasteiger partial charge on any atom is -0.370 e. The SMILES string of the molecule is NC(=O)CCN(CC(=O)NCC1CC1)c1ccc(F)cc1. The summed E-state index contributed by atoms with van der Waals surface area (Å²) in [6.07, 6.45) is 2.49. The fourth-order valence-corrected chi connectivity index (χ4v) is 2.01. The highest BCUT2D eigenvalue weighted by Crippen LogP contribution is 2.27. The average Bonchev–Trinajstić information content (AvgIpc) is 3.26. The van der Waals surface area contributed by atoms with Crippen LogP contribution in [0.1, 0.15) is 19.3 Å². The Kier molecular flexibility index (Phi) is 5.14. The average molecular weight is 293 g/mol. The van der Waals surface area contributed by atoms with Crippen molar-refractivity contribution >= 4 is 17.5 Å². The fraction of sp³-hybridized carbons (Fsp3) is 0.467. The van der Waals surface area contributed by atoms with Gasteiger partial charge in [-0.05, 0) is 43.0 Å². The van der Waals surface area contributed by atoms with E-state index in [9.17, 15) is 14.0 Å². The van der Waals surface area contributed by atoms with Crippen molar-refractivity contribution in [2.75, 3.05) is 24.5 Å². The van der Waals surface area contributed by atoms with Gasteiger partial charge in [0.15, 0.2) is 0 Å². The standard InChI is InChI=1S/C15H20FN3O2/c16-12-3-5-13(6-4-12)19(8-7-14(17)20)10-15(21)18-9-11-1-2-11/h3-6,11H,1-2,7-10H2,(H2,17,20)(H,18,21). The summed E-state index contributed by atoms with van der Waals surface area (Å²) in [6.45, 7) is 1.16. The highest BCUT2D eigenvalue weighted by atomic mass is 19.1. The third-order valence-corrected chi connectivity index (χ3v) is 3.44. The Morgan fingerprint density at radius 2 is 1.95 bits per heavy atom. The molecule has 0 heterocycles. The van der Waals surface area contributed by atoms with Crippen molar-refractivity contribution in [3.05, 3.63) is 30.1 Å². The van der Waals surface area contributed by atoms with Crippen LogP contribution in [0.25, 0.3) is 0 Å². The first-order valence-corrected chi connectivity index (χ1v) is 7.10. The predicted octanol–water partition coefficient (Wildman–Crippen LogP) is 1.03. The molecule has 1 aliphatic rings. The van der Waals surface area contributed by atoms with Crippen LogP contribution in [0, 0.1) is 11.7 Å². The van der Waals surface area contributed by atoms with Crippen LogP contribution in [0.3, 0.4) is 0 Å². The Labute approximate surface area is 123 Å². The normalized spacial score (nSPS) is 13.8. The van der Waals surface area contributed by atoms with Gasteiger partial charge in [-0.25, -0.2) is 4.39 Å². The first-order chi connectivity index (χ1) is 10.0. The summed E-state index contributed by atoms with van der Waals surface area (Å²) in [5, 5.41) is 2.87. The molecule has 0 aliphatic heterocycles. The molecule has 0 unspecified atom stereocenters. The summed E-state index contributed by atoms with van der Waals surface area (Å²) in [5.74, 6) is -0.262. The minimum absolute atomic E-state index is 0.101. The van der Waals surface area contributed by atoms with E-state index >= 15 is 0 Å². The molecule has 0 radical (unpaired) electrons. The van der Waals surface area contributed by atoms with Crippen molar-refractivity contribution in [1.82, 2.24) is 5.32 Å². The molecular formula is C15H20FN3O2. The Bertz CT molecular complexity index is 500. The molecule has 21 heavy (non-hydrogen) atoms. The maximum atomic E-state index is 13.0. The smallest absolute Gasteiger partial charge is 0.239 e. The van der Waals surface area contributed by atoms with Crippen molar-refractivity contribution in [2.45, 2.75) is 19.3 Å². The van der Waals surface area contributed by atoms with E-state index in [0.717, 1.165) is 0 Å². The van der Waals surface area contributed by atoms with Crippen LogP contribution in [0.15, 0.2) is 24.3 Å². The number of nitrogens with two attached hydrogens (primary N) is 1. The van der Waals surface area contributed by atoms with E-state index in [1.54, 1.807) is 17.0 Å². The summed E-state index contributed by atoms with van der Waals surface area (Å²) in [6, 6.07) is 5.83. The molecule has 5 nitrogen and oxygen atoms in total. The van der Waals surface area contributed by atoms with Gasteiger partial charge in [-0.2, -0.15) is 0 Å². The van der Waals surface area contributed by atoms with Crippen molar-refractivity contribution in [1.29, 1.82) is 0 Å². The Balaban J connectivity index is 1.94. The zero-order chi connectivity index (χ0) is 15.2. The number of carbonyl (C=O) groups is 2. The lowest BCUT2D eigenvalue weighted by molar-refractivity contribution is -0.120. The number of halogens is 1. The zero-order valence-electron chi connectivity index (χ0n) is 11.8. The molecule has 1 saturated carbocycles. The maximum Gasteiger partial charge on any atom is 0.239 e. The predicted molar refractivity (Wildman–Crippen MR) is 78.2 cm³/mol. The molecule has 114 valence electrons. The topological polar surface area (TPSA) is 75.4 Å². The lowest BCUT2D eigenvalue weighted by Gasteiger charge is -2.23. The van der Waals surface area contributed by atoms with Crippen LogP contribution >= 0.6 is 0 Å². The van der Waals surface area contributed by atoms with Crippen molar-refractivity contribution < 1.29 is 14.0 Å². The van der Waals surface area contributed by atoms with E-state index < -0.39 is 5.91 Å². The van der Waals surface area contributed by atoms with Gasteiger partial charge in [0, 0.05) is 25.2 Å². The third-order valence-electron chi connectivity index (χ3n) is 3.44. The maximum absolute atomic E-state index is 13.0. The molecule has 1 aliphatic carbocycles. The molecule has 2 amide bonds. The molecule has 6 heteroatoms. The number of hydrogen-bond acceptors (Lipinski definition) is 3. The van der Waals surface area contributed by atoms with Crippen LogP contribution < -0.4 is 16.0 Å². The second-order valence-corrected chi connectivity index (χ2v) is 5.36. The van der Waals surface area contributed by atoms with Crippen molar-refractivity contribution in [3.63, 3.8) is 0 Å². The van der Waals surface area contributed by atoms with E-state index in [2.05, 4.69) is 5.32 Å². The lowest BCUT2D eigenvalue weighted by atomic mass is 10.2. The summed E-state index contributed by atoms with van der Waals surface area (Å²) >= 11 is 0. The van der Waals surface area contributed by atoms with Crippen LogP contribution in [-0.2, 0) is 9.59 Å². The zero-order valence-corrected chi connectivity index (χ0v) is 11.8. The summed E-state index contributed by atoms with van der Waals surface area (Å²) in [5.41, 5.74) is 5.85. The fourth-order valence-electron chi connectivity index (χ4n) is 2.01. The number of amides is 2. The van der Waals surface area contributed by atoms with Gasteiger partial charge in [0.1, 0.15) is 5.82 Å². The van der Waals surface area contributed by atoms with Crippen molar-refractivity contribution in [3.8, 4) is 0 Å². The van der Waals surface area contributed by atoms with Gasteiger partial charge in [0.05, 0.1) is 6.54 Å². The van der Waals surface area contributed by atoms with E-state index in [-0.39, 0.29) is 24.7 Å². The van der Waals surface area contributed by atoms with Gasteiger partial charge < -0.3 is 16.0 Å². The van der Waals surface area contributed by atoms with Gasteiger partial charge in [-0.15, -0.1) is 0 Å². The molecule has 2 rings (SSSR count). The number of carbonyl (C=O) groups excluding carboxylic acids is 2. The summed E-state index contributed by atoms with van der Waals surface area (Å²) in [4.78, 5) is 24.6. The Morgan fingerprint density at radius 3 is 2.52 bits per heavy atom. The second-order valence-electron chi connectivity index (χ2n) is 5.36. The molecule has 1 aromatic carbocycles. The van der Waals surface area contributed by atoms with Gasteiger partial charge in [0.25, 0.3) is 0 Å². The molecule has 1 aromatic rings. The van der Waals surface area contributed by atoms with Crippen LogP contribution in [0.4, 0.5) is 10.1 Å². The summed E-state index contributed by atoms with van der Waals surface area (Å²) < 4.78 is 13.0. The first-order valence-electron chi connectivity index (χ1n) is 7.10. The number of primary amides is 1. The van der Waals surface area contributed by atoms with E-state index in [0.29, 0.717) is 24.7 Å². The van der Waals surface area contributed by atoms with Gasteiger partial charge in [0.2, 0.25) is 11.8 Å². The van der Waals surface area contributed by atoms with Gasteiger partial charge in [-0.1, -0.05) is 0 Å². The van der Waals surface area contributed by atoms with Crippen LogP contribution in [0.2, 0.25) is 0 Å². The number of hydrogen-bond donors (Lipinski definition) is 2. The molecule has 0 spiro atoms. The third kappa shape index (κ3) is 5.41. The van der Waals surface area contributed by atoms with Gasteiger partial charge in [-0.3, -0.25) is 9.59 Å². The number of benzene rings is 1. The minimum atomic E-state index is -0.430. The largest absolute Gasteiger partial charge is 0.370 e. The number of anilines is 1. The molecular weight excluding hydrogens is 273 g/mol. The highest BCUT2D eigenvalue weighted by molar-refractivity contribution is 5.82. The highest BCUT2D eigenvalue weighted by Gasteiger charge is 2.22. The van der Waals surface area contributed by atoms with Crippen LogP contribution in [-0.4, -0.2) is 31.4 Å². The summed E-state index contributed by atoms with van der Waals surface area (Å²) in [7, 11) is 0. The molecule has 0 saturated heterocycles. The molecule has 0 bridgehead atoms. The number of nitrogens with one attached hydrogen (secondary N) is 1. The number of nitrogens with zero attached hydrogens (tertiary/aromatic N) is 1. The van der Waals surface area contributed by atoms with Crippen LogP contribution in [0.5, 0.6) is 0 Å². The van der Waals surface area contributed by atoms with Gasteiger partial charge >= 0.3 is 0 Å². The second kappa shape index (κ2) is 7.06. The molecule has 0 aromatic heterocycles. The molecule has 1 fully saturated rings. The monoisotopic (exact) mass is 293 g/mol.